The molecule has 3 aromatic rings. The summed E-state index contributed by atoms with van der Waals surface area (Å²) in [6, 6.07) is 11.6. The molecule has 5 rings (SSSR count). The lowest BCUT2D eigenvalue weighted by Crippen LogP contribution is -2.55. The van der Waals surface area contributed by atoms with Gasteiger partial charge in [-0.05, 0) is 42.5 Å². The van der Waals surface area contributed by atoms with Gasteiger partial charge in [-0.3, -0.25) is 14.4 Å². The molecule has 2 N–H and O–H groups in total. The van der Waals surface area contributed by atoms with Crippen molar-refractivity contribution in [2.75, 3.05) is 26.4 Å². The third-order valence-corrected chi connectivity index (χ3v) is 9.27. The Morgan fingerprint density at radius 1 is 1.16 bits per heavy atom. The normalized spacial score (nSPS) is 18.4. The number of carbonyl (C=O) groups excluding carboxylic acids is 3. The fourth-order valence-electron chi connectivity index (χ4n) is 6.07. The number of β-amino-alcohol motifs (C(OH)–C–C–N with tert-alkyl or cyclic N) is 1. The molecule has 0 aliphatic carbocycles. The maximum absolute atomic E-state index is 14.0. The molecule has 1 fully saturated rings. The topological polar surface area (TPSA) is 121 Å². The first-order valence-electron chi connectivity index (χ1n) is 15.6. The van der Waals surface area contributed by atoms with Crippen LogP contribution in [0.2, 0.25) is 0 Å². The van der Waals surface area contributed by atoms with E-state index in [1.807, 2.05) is 62.7 Å². The smallest absolute Gasteiger partial charge is 0.255 e. The number of nitrogens with one attached hydrogen (secondary N) is 1. The Kier molecular flexibility index (Phi) is 10.5. The summed E-state index contributed by atoms with van der Waals surface area (Å²) in [5, 5.41) is 13.6. The van der Waals surface area contributed by atoms with Gasteiger partial charge in [-0.25, -0.2) is 4.98 Å². The van der Waals surface area contributed by atoms with Crippen molar-refractivity contribution in [1.82, 2.24) is 20.1 Å². The number of aryl methyl sites for hydroxylation is 1. The van der Waals surface area contributed by atoms with E-state index >= 15 is 0 Å². The minimum Gasteiger partial charge on any atom is -0.491 e. The summed E-state index contributed by atoms with van der Waals surface area (Å²) in [5.74, 6) is -0.449. The van der Waals surface area contributed by atoms with Crippen molar-refractivity contribution in [3.8, 4) is 16.2 Å². The highest BCUT2D eigenvalue weighted by molar-refractivity contribution is 7.13. The molecular weight excluding hydrogens is 592 g/mol. The number of hydrogen-bond acceptors (Lipinski definition) is 8. The highest BCUT2D eigenvalue weighted by Crippen LogP contribution is 2.33. The molecule has 0 unspecified atom stereocenters. The second kappa shape index (κ2) is 14.5. The number of aliphatic hydroxyl groups excluding tert-OH is 1. The van der Waals surface area contributed by atoms with E-state index in [0.717, 1.165) is 33.7 Å². The van der Waals surface area contributed by atoms with Crippen LogP contribution in [-0.4, -0.2) is 82.2 Å². The second-order valence-corrected chi connectivity index (χ2v) is 12.8. The van der Waals surface area contributed by atoms with Crippen molar-refractivity contribution in [3.63, 3.8) is 0 Å². The van der Waals surface area contributed by atoms with Crippen LogP contribution in [0.25, 0.3) is 10.4 Å². The van der Waals surface area contributed by atoms with Crippen LogP contribution in [0.15, 0.2) is 48.0 Å². The Bertz CT molecular complexity index is 1520. The molecule has 2 aromatic carbocycles. The third kappa shape index (κ3) is 7.21. The summed E-state index contributed by atoms with van der Waals surface area (Å²) >= 11 is 1.55. The molecule has 10 nitrogen and oxygen atoms in total. The Labute approximate surface area is 268 Å². The molecule has 0 radical (unpaired) electrons. The van der Waals surface area contributed by atoms with Gasteiger partial charge in [0.25, 0.3) is 5.91 Å². The van der Waals surface area contributed by atoms with Crippen LogP contribution >= 0.6 is 11.3 Å². The van der Waals surface area contributed by atoms with Crippen LogP contribution < -0.4 is 10.1 Å². The highest BCUT2D eigenvalue weighted by Gasteiger charge is 2.45. The SMILES string of the molecule is CCCOCCOc1cc(-c2scnc2C)ccc1CNC(=O)[C@@H]1C[C@@H](O)CN1C(=O)[C@H](C(C)C)N1Cc2ccccc2C1=O. The van der Waals surface area contributed by atoms with Crippen LogP contribution in [0, 0.1) is 12.8 Å². The number of aliphatic hydroxyl groups is 1. The van der Waals surface area contributed by atoms with Crippen LogP contribution in [0.5, 0.6) is 5.75 Å². The number of hydrogen-bond donors (Lipinski definition) is 2. The monoisotopic (exact) mass is 634 g/mol. The number of fused-ring (bicyclic) bond motifs is 1. The summed E-state index contributed by atoms with van der Waals surface area (Å²) in [6.45, 7) is 9.81. The van der Waals surface area contributed by atoms with Crippen molar-refractivity contribution in [3.05, 3.63) is 70.4 Å². The summed E-state index contributed by atoms with van der Waals surface area (Å²) in [6.07, 6.45) is 0.207. The van der Waals surface area contributed by atoms with Crippen molar-refractivity contribution < 1.29 is 29.0 Å². The fourth-order valence-corrected chi connectivity index (χ4v) is 6.87. The number of rotatable bonds is 13. The molecule has 0 spiro atoms. The molecule has 1 aromatic heterocycles. The molecule has 1 saturated heterocycles. The van der Waals surface area contributed by atoms with Crippen molar-refractivity contribution in [2.45, 2.75) is 71.8 Å². The summed E-state index contributed by atoms with van der Waals surface area (Å²) < 4.78 is 11.7. The number of amides is 3. The predicted molar refractivity (Wildman–Crippen MR) is 172 cm³/mol. The molecule has 3 amide bonds. The second-order valence-electron chi connectivity index (χ2n) is 11.9. The summed E-state index contributed by atoms with van der Waals surface area (Å²) in [4.78, 5) is 49.4. The first-order chi connectivity index (χ1) is 21.7. The van der Waals surface area contributed by atoms with Gasteiger partial charge in [0, 0.05) is 43.8 Å². The van der Waals surface area contributed by atoms with Gasteiger partial charge in [-0.15, -0.1) is 11.3 Å². The van der Waals surface area contributed by atoms with E-state index in [0.29, 0.717) is 37.7 Å². The molecule has 3 atom stereocenters. The van der Waals surface area contributed by atoms with Gasteiger partial charge in [0.15, 0.2) is 0 Å². The Balaban J connectivity index is 1.30. The largest absolute Gasteiger partial charge is 0.491 e. The quantitative estimate of drug-likeness (QED) is 0.271. The third-order valence-electron chi connectivity index (χ3n) is 8.30. The minimum atomic E-state index is -0.861. The number of benzene rings is 2. The van der Waals surface area contributed by atoms with Gasteiger partial charge in [0.1, 0.15) is 24.4 Å². The van der Waals surface area contributed by atoms with Crippen molar-refractivity contribution in [2.24, 2.45) is 5.92 Å². The van der Waals surface area contributed by atoms with Crippen LogP contribution in [0.3, 0.4) is 0 Å². The van der Waals surface area contributed by atoms with E-state index in [1.165, 1.54) is 4.90 Å². The number of aromatic nitrogens is 1. The van der Waals surface area contributed by atoms with Gasteiger partial charge in [-0.1, -0.05) is 51.1 Å². The Morgan fingerprint density at radius 2 is 1.96 bits per heavy atom. The molecule has 3 heterocycles. The zero-order valence-corrected chi connectivity index (χ0v) is 27.1. The van der Waals surface area contributed by atoms with E-state index in [4.69, 9.17) is 9.47 Å². The maximum Gasteiger partial charge on any atom is 0.255 e. The lowest BCUT2D eigenvalue weighted by molar-refractivity contribution is -0.143. The lowest BCUT2D eigenvalue weighted by atomic mass is 10.0. The van der Waals surface area contributed by atoms with Gasteiger partial charge in [0.2, 0.25) is 11.8 Å². The lowest BCUT2D eigenvalue weighted by Gasteiger charge is -2.35. The zero-order valence-electron chi connectivity index (χ0n) is 26.3. The van der Waals surface area contributed by atoms with Gasteiger partial charge in [0.05, 0.1) is 28.8 Å². The van der Waals surface area contributed by atoms with Crippen LogP contribution in [-0.2, 0) is 27.4 Å². The Hall–Kier alpha value is -3.80. The molecular formula is C34H42N4O6S. The van der Waals surface area contributed by atoms with E-state index in [2.05, 4.69) is 17.2 Å². The van der Waals surface area contributed by atoms with E-state index < -0.39 is 18.2 Å². The van der Waals surface area contributed by atoms with Crippen LogP contribution in [0.1, 0.15) is 60.8 Å². The molecule has 0 bridgehead atoms. The molecule has 11 heteroatoms. The average Bonchev–Trinajstić information content (AvgIpc) is 3.73. The highest BCUT2D eigenvalue weighted by atomic mass is 32.1. The summed E-state index contributed by atoms with van der Waals surface area (Å²) in [5.41, 5.74) is 5.97. The van der Waals surface area contributed by atoms with E-state index in [1.54, 1.807) is 22.3 Å². The maximum atomic E-state index is 14.0. The van der Waals surface area contributed by atoms with Crippen molar-refractivity contribution >= 4 is 29.1 Å². The van der Waals surface area contributed by atoms with Crippen LogP contribution in [0.4, 0.5) is 0 Å². The predicted octanol–water partition coefficient (Wildman–Crippen LogP) is 4.18. The summed E-state index contributed by atoms with van der Waals surface area (Å²) in [7, 11) is 0. The molecule has 240 valence electrons. The first kappa shape index (κ1) is 32.6. The average molecular weight is 635 g/mol. The van der Waals surface area contributed by atoms with Gasteiger partial charge >= 0.3 is 0 Å². The standard InChI is InChI=1S/C34H42N4O6S/c1-5-12-43-13-14-44-29-15-23(31-22(4)36-20-45-31)10-11-24(29)17-35-32(40)28-16-26(39)19-37(28)34(42)30(21(2)3)38-18-25-8-6-7-9-27(25)33(38)41/h6-11,15,20-21,26,28,30,39H,5,12-14,16-19H2,1-4H3,(H,35,40)/t26-,28+,30+/m1/s1. The minimum absolute atomic E-state index is 0.0319. The molecule has 45 heavy (non-hydrogen) atoms. The number of nitrogens with zero attached hydrogens (tertiary/aromatic N) is 3. The molecule has 0 saturated carbocycles. The number of carbonyl (C=O) groups is 3. The molecule has 2 aliphatic heterocycles. The van der Waals surface area contributed by atoms with E-state index in [-0.39, 0.29) is 43.1 Å². The van der Waals surface area contributed by atoms with Gasteiger partial charge < -0.3 is 29.7 Å². The zero-order chi connectivity index (χ0) is 32.1. The fraction of sp³-hybridized carbons (Fsp3) is 0.471. The number of thiazole rings is 1. The van der Waals surface area contributed by atoms with E-state index in [9.17, 15) is 19.5 Å². The van der Waals surface area contributed by atoms with Crippen molar-refractivity contribution in [1.29, 1.82) is 0 Å². The number of ether oxygens (including phenoxy) is 2. The first-order valence-corrected chi connectivity index (χ1v) is 16.5. The number of likely N-dealkylation sites (tertiary alicyclic amines) is 1. The molecule has 2 aliphatic rings. The Morgan fingerprint density at radius 3 is 2.67 bits per heavy atom. The van der Waals surface area contributed by atoms with Gasteiger partial charge in [-0.2, -0.15) is 0 Å².